The third-order valence-electron chi connectivity index (χ3n) is 4.84. The summed E-state index contributed by atoms with van der Waals surface area (Å²) >= 11 is 0. The molecule has 0 aliphatic rings. The molecule has 0 atom stereocenters. The Bertz CT molecular complexity index is 1020. The van der Waals surface area contributed by atoms with Gasteiger partial charge in [-0.25, -0.2) is 0 Å². The maximum Gasteiger partial charge on any atom is 0.123 e. The van der Waals surface area contributed by atoms with Crippen LogP contribution in [0.25, 0.3) is 11.1 Å². The second-order valence-corrected chi connectivity index (χ2v) is 8.81. The van der Waals surface area contributed by atoms with Crippen LogP contribution in [0.15, 0.2) is 103 Å². The Morgan fingerprint density at radius 2 is 1.03 bits per heavy atom. The van der Waals surface area contributed by atoms with E-state index in [4.69, 9.17) is 9.47 Å². The van der Waals surface area contributed by atoms with Gasteiger partial charge in [0.15, 0.2) is 0 Å². The van der Waals surface area contributed by atoms with Crippen LogP contribution in [0, 0.1) is 0 Å². The number of ether oxygens (including phenoxy) is 2. The summed E-state index contributed by atoms with van der Waals surface area (Å²) in [5, 5.41) is 3.97. The molecule has 4 aromatic carbocycles. The highest BCUT2D eigenvalue weighted by Crippen LogP contribution is 2.38. The van der Waals surface area contributed by atoms with Crippen LogP contribution in [0.5, 0.6) is 11.5 Å². The Hall–Kier alpha value is -3.09. The van der Waals surface area contributed by atoms with Crippen LogP contribution in [0.2, 0.25) is 0 Å². The predicted molar refractivity (Wildman–Crippen MR) is 124 cm³/mol. The van der Waals surface area contributed by atoms with E-state index in [2.05, 4.69) is 97.1 Å². The van der Waals surface area contributed by atoms with Gasteiger partial charge in [-0.05, 0) is 47.1 Å². The normalized spacial score (nSPS) is 10.7. The van der Waals surface area contributed by atoms with Crippen molar-refractivity contribution in [3.05, 3.63) is 103 Å². The molecule has 0 saturated heterocycles. The van der Waals surface area contributed by atoms with Gasteiger partial charge in [0.1, 0.15) is 11.5 Å². The van der Waals surface area contributed by atoms with Gasteiger partial charge >= 0.3 is 0 Å². The van der Waals surface area contributed by atoms with E-state index in [0.29, 0.717) is 0 Å². The summed E-state index contributed by atoms with van der Waals surface area (Å²) in [5.41, 5.74) is 2.29. The van der Waals surface area contributed by atoms with Crippen molar-refractivity contribution >= 4 is 23.8 Å². The quantitative estimate of drug-likeness (QED) is 0.419. The standard InChI is InChI=1S/C26H23O2P/c1-27-21-17-20(18-22(19-21)28-2)25-15-9-10-16-26(25)29(23-11-5-3-6-12-23)24-13-7-4-8-14-24/h3-19H,1-2H3. The van der Waals surface area contributed by atoms with Crippen molar-refractivity contribution in [3.63, 3.8) is 0 Å². The monoisotopic (exact) mass is 398 g/mol. The van der Waals surface area contributed by atoms with Crippen LogP contribution < -0.4 is 25.4 Å². The lowest BCUT2D eigenvalue weighted by Crippen LogP contribution is -2.22. The zero-order chi connectivity index (χ0) is 20.1. The minimum absolute atomic E-state index is 0.700. The summed E-state index contributed by atoms with van der Waals surface area (Å²) < 4.78 is 11.0. The first-order valence-corrected chi connectivity index (χ1v) is 10.9. The molecule has 0 aliphatic carbocycles. The van der Waals surface area contributed by atoms with Gasteiger partial charge in [-0.15, -0.1) is 0 Å². The van der Waals surface area contributed by atoms with Gasteiger partial charge in [0.2, 0.25) is 0 Å². The molecule has 0 heterocycles. The number of rotatable bonds is 6. The van der Waals surface area contributed by atoms with Gasteiger partial charge in [-0.2, -0.15) is 0 Å². The van der Waals surface area contributed by atoms with E-state index >= 15 is 0 Å². The maximum atomic E-state index is 5.51. The molecule has 0 radical (unpaired) electrons. The lowest BCUT2D eigenvalue weighted by Gasteiger charge is -2.22. The third kappa shape index (κ3) is 4.18. The summed E-state index contributed by atoms with van der Waals surface area (Å²) in [7, 11) is 2.67. The summed E-state index contributed by atoms with van der Waals surface area (Å²) in [6, 6.07) is 36.2. The summed E-state index contributed by atoms with van der Waals surface area (Å²) in [6.45, 7) is 0. The lowest BCUT2D eigenvalue weighted by atomic mass is 10.0. The van der Waals surface area contributed by atoms with E-state index in [0.717, 1.165) is 17.1 Å². The molecule has 29 heavy (non-hydrogen) atoms. The molecule has 4 aromatic rings. The smallest absolute Gasteiger partial charge is 0.123 e. The average molecular weight is 398 g/mol. The predicted octanol–water partition coefficient (Wildman–Crippen LogP) is 5.13. The zero-order valence-electron chi connectivity index (χ0n) is 16.6. The summed E-state index contributed by atoms with van der Waals surface area (Å²) in [6.07, 6.45) is 0. The van der Waals surface area contributed by atoms with Crippen LogP contribution in [0.3, 0.4) is 0 Å². The SMILES string of the molecule is COc1cc(OC)cc(-c2ccccc2P(c2ccccc2)c2ccccc2)c1. The molecule has 0 bridgehead atoms. The van der Waals surface area contributed by atoms with Gasteiger partial charge in [-0.3, -0.25) is 0 Å². The lowest BCUT2D eigenvalue weighted by molar-refractivity contribution is 0.394. The van der Waals surface area contributed by atoms with Crippen molar-refractivity contribution in [3.8, 4) is 22.6 Å². The number of hydrogen-bond donors (Lipinski definition) is 0. The van der Waals surface area contributed by atoms with Gasteiger partial charge in [0.25, 0.3) is 0 Å². The summed E-state index contributed by atoms with van der Waals surface area (Å²) in [5.74, 6) is 1.58. The van der Waals surface area contributed by atoms with Crippen molar-refractivity contribution in [1.82, 2.24) is 0 Å². The van der Waals surface area contributed by atoms with Crippen molar-refractivity contribution < 1.29 is 9.47 Å². The molecule has 0 aliphatic heterocycles. The number of benzene rings is 4. The van der Waals surface area contributed by atoms with E-state index in [1.165, 1.54) is 21.5 Å². The van der Waals surface area contributed by atoms with Crippen LogP contribution in [-0.4, -0.2) is 14.2 Å². The Morgan fingerprint density at radius 3 is 1.55 bits per heavy atom. The maximum absolute atomic E-state index is 5.51. The van der Waals surface area contributed by atoms with Crippen molar-refractivity contribution in [1.29, 1.82) is 0 Å². The minimum atomic E-state index is -0.700. The first-order chi connectivity index (χ1) is 14.3. The van der Waals surface area contributed by atoms with Gasteiger partial charge in [0.05, 0.1) is 14.2 Å². The molecule has 144 valence electrons. The molecule has 0 fully saturated rings. The molecule has 2 nitrogen and oxygen atoms in total. The molecule has 0 spiro atoms. The molecular formula is C26H23O2P. The van der Waals surface area contributed by atoms with E-state index in [9.17, 15) is 0 Å². The highest BCUT2D eigenvalue weighted by molar-refractivity contribution is 7.80. The first-order valence-electron chi connectivity index (χ1n) is 9.53. The second kappa shape index (κ2) is 8.94. The Kier molecular flexibility index (Phi) is 5.93. The average Bonchev–Trinajstić information content (AvgIpc) is 2.80. The highest BCUT2D eigenvalue weighted by Gasteiger charge is 2.20. The highest BCUT2D eigenvalue weighted by atomic mass is 31.1. The Labute approximate surface area is 173 Å². The van der Waals surface area contributed by atoms with Gasteiger partial charge < -0.3 is 9.47 Å². The van der Waals surface area contributed by atoms with Gasteiger partial charge in [0, 0.05) is 6.07 Å². The van der Waals surface area contributed by atoms with E-state index in [1.54, 1.807) is 14.2 Å². The molecule has 0 aromatic heterocycles. The molecule has 0 saturated carbocycles. The van der Waals surface area contributed by atoms with Crippen LogP contribution in [-0.2, 0) is 0 Å². The number of hydrogen-bond acceptors (Lipinski definition) is 2. The molecule has 0 unspecified atom stereocenters. The Morgan fingerprint density at radius 1 is 0.552 bits per heavy atom. The zero-order valence-corrected chi connectivity index (χ0v) is 17.5. The van der Waals surface area contributed by atoms with Crippen molar-refractivity contribution in [2.24, 2.45) is 0 Å². The van der Waals surface area contributed by atoms with E-state index in [-0.39, 0.29) is 0 Å². The summed E-state index contributed by atoms with van der Waals surface area (Å²) in [4.78, 5) is 0. The second-order valence-electron chi connectivity index (χ2n) is 6.62. The number of methoxy groups -OCH3 is 2. The topological polar surface area (TPSA) is 18.5 Å². The fourth-order valence-electron chi connectivity index (χ4n) is 3.46. The van der Waals surface area contributed by atoms with Crippen LogP contribution in [0.4, 0.5) is 0 Å². The largest absolute Gasteiger partial charge is 0.497 e. The van der Waals surface area contributed by atoms with Crippen molar-refractivity contribution in [2.45, 2.75) is 0 Å². The first kappa shape index (κ1) is 19.2. The third-order valence-corrected chi connectivity index (χ3v) is 7.34. The molecule has 0 amide bonds. The van der Waals surface area contributed by atoms with Gasteiger partial charge in [-0.1, -0.05) is 84.9 Å². The molecular weight excluding hydrogens is 375 g/mol. The van der Waals surface area contributed by atoms with Crippen LogP contribution in [0.1, 0.15) is 0 Å². The molecule has 4 rings (SSSR count). The van der Waals surface area contributed by atoms with E-state index < -0.39 is 7.92 Å². The molecule has 3 heteroatoms. The fourth-order valence-corrected chi connectivity index (χ4v) is 5.93. The Balaban J connectivity index is 1.93. The van der Waals surface area contributed by atoms with E-state index in [1.807, 2.05) is 6.07 Å². The minimum Gasteiger partial charge on any atom is -0.497 e. The fraction of sp³-hybridized carbons (Fsp3) is 0.0769. The molecule has 0 N–H and O–H groups in total. The van der Waals surface area contributed by atoms with Crippen molar-refractivity contribution in [2.75, 3.05) is 14.2 Å². The van der Waals surface area contributed by atoms with Crippen LogP contribution >= 0.6 is 7.92 Å².